The van der Waals surface area contributed by atoms with Gasteiger partial charge in [0.2, 0.25) is 0 Å². The highest BCUT2D eigenvalue weighted by atomic mass is 16.2. The second kappa shape index (κ2) is 25.7. The summed E-state index contributed by atoms with van der Waals surface area (Å²) in [5.74, 6) is 4.91. The van der Waals surface area contributed by atoms with Gasteiger partial charge in [0, 0.05) is 45.7 Å². The van der Waals surface area contributed by atoms with Crippen molar-refractivity contribution in [2.24, 2.45) is 27.2 Å². The zero-order valence-electron chi connectivity index (χ0n) is 39.1. The minimum atomic E-state index is -0.240. The van der Waals surface area contributed by atoms with E-state index < -0.39 is 0 Å². The molecule has 3 aromatic rings. The van der Waals surface area contributed by atoms with Crippen LogP contribution < -0.4 is 27.5 Å². The maximum Gasteiger partial charge on any atom is 0.271 e. The summed E-state index contributed by atoms with van der Waals surface area (Å²) in [4.78, 5) is 46.3. The van der Waals surface area contributed by atoms with Crippen LogP contribution >= 0.6 is 0 Å². The molecule has 0 saturated heterocycles. The van der Waals surface area contributed by atoms with Crippen LogP contribution in [0.25, 0.3) is 0 Å². The summed E-state index contributed by atoms with van der Waals surface area (Å²) in [5.41, 5.74) is 20.1. The largest absolute Gasteiger partial charge is 0.299 e. The number of hydrogen-bond donors (Lipinski definition) is 5. The Kier molecular flexibility index (Phi) is 24.6. The molecule has 0 aliphatic heterocycles. The second-order valence-electron chi connectivity index (χ2n) is 17.8. The molecule has 0 aromatic heterocycles. The maximum absolute atomic E-state index is 12.2. The molecule has 10 nitrogen and oxygen atoms in total. The number of nitrogen functional groups attached to an aromatic ring is 1. The van der Waals surface area contributed by atoms with E-state index >= 15 is 0 Å². The van der Waals surface area contributed by atoms with Gasteiger partial charge in [-0.05, 0) is 111 Å². The first-order valence-electron chi connectivity index (χ1n) is 20.3. The Morgan fingerprint density at radius 1 is 0.593 bits per heavy atom. The number of hydrogen-bond acceptors (Lipinski definition) is 7. The standard InChI is InChI=1S/C16H26N2O.C16H24N2O.C9H12N2O.C7H14O.CH4/c2*1-7-14(16(4,5)6)17-18-15(19)13-10-8-9-11(2)12(13)3;1-6-4-3-5-8(7(6)2)9(12)11-10;1-5-6(8)7(2,3)4;/h8-10,14,17H,7H2,1-6H3,(H,18,19);8-10H,7H2,1-6H3,(H,18,19);3-5H,10H2,1-2H3,(H,11,12);5H2,1-4H3;1H4/b;17-14+;;;. The lowest BCUT2D eigenvalue weighted by atomic mass is 9.86. The molecule has 0 bridgehead atoms. The van der Waals surface area contributed by atoms with Crippen molar-refractivity contribution in [1.29, 1.82) is 0 Å². The fraction of sp³-hybridized carbons (Fsp3) is 0.531. The lowest BCUT2D eigenvalue weighted by Gasteiger charge is -2.30. The van der Waals surface area contributed by atoms with Crippen molar-refractivity contribution >= 4 is 29.2 Å². The fourth-order valence-corrected chi connectivity index (χ4v) is 5.71. The number of carbonyl (C=O) groups excluding carboxylic acids is 4. The number of carbonyl (C=O) groups is 4. The third kappa shape index (κ3) is 19.3. The van der Waals surface area contributed by atoms with Crippen molar-refractivity contribution in [3.8, 4) is 0 Å². The van der Waals surface area contributed by atoms with Gasteiger partial charge in [0.05, 0.1) is 0 Å². The molecular formula is C49H80N6O4. The van der Waals surface area contributed by atoms with Gasteiger partial charge in [-0.25, -0.2) is 16.7 Å². The highest BCUT2D eigenvalue weighted by Crippen LogP contribution is 2.22. The Hall–Kier alpha value is -4.67. The van der Waals surface area contributed by atoms with Crippen LogP contribution in [0.4, 0.5) is 0 Å². The number of nitrogens with two attached hydrogens (primary N) is 1. The number of benzene rings is 3. The van der Waals surface area contributed by atoms with Gasteiger partial charge in [0.25, 0.3) is 17.7 Å². The third-order valence-corrected chi connectivity index (χ3v) is 10.1. The molecule has 1 unspecified atom stereocenters. The number of hydrazone groups is 1. The first-order valence-corrected chi connectivity index (χ1v) is 20.3. The summed E-state index contributed by atoms with van der Waals surface area (Å²) >= 11 is 0. The molecule has 0 aliphatic rings. The SMILES string of the molecule is C.CC/C(=N\NC(=O)c1cccc(C)c1C)C(C)(C)C.CCC(=O)C(C)(C)C.CCC(NNC(=O)c1cccc(C)c1C)C(C)(C)C.Cc1cccc(C(=O)NN)c1C. The number of nitrogens with one attached hydrogen (secondary N) is 4. The molecule has 3 aromatic carbocycles. The Morgan fingerprint density at radius 3 is 1.27 bits per heavy atom. The summed E-state index contributed by atoms with van der Waals surface area (Å²) in [6, 6.07) is 17.3. The topological polar surface area (TPSA) is 155 Å². The maximum atomic E-state index is 12.2. The van der Waals surface area contributed by atoms with Gasteiger partial charge < -0.3 is 0 Å². The van der Waals surface area contributed by atoms with E-state index in [4.69, 9.17) is 5.84 Å². The van der Waals surface area contributed by atoms with E-state index in [-0.39, 0.29) is 47.4 Å². The number of rotatable bonds is 9. The first-order chi connectivity index (χ1) is 26.7. The van der Waals surface area contributed by atoms with E-state index in [2.05, 4.69) is 75.3 Å². The van der Waals surface area contributed by atoms with Crippen molar-refractivity contribution < 1.29 is 19.2 Å². The van der Waals surface area contributed by atoms with E-state index in [0.717, 1.165) is 57.5 Å². The van der Waals surface area contributed by atoms with E-state index in [1.807, 2.05) is 125 Å². The van der Waals surface area contributed by atoms with Crippen molar-refractivity contribution in [1.82, 2.24) is 21.7 Å². The smallest absolute Gasteiger partial charge is 0.271 e. The van der Waals surface area contributed by atoms with E-state index in [1.54, 1.807) is 6.07 Å². The van der Waals surface area contributed by atoms with Crippen molar-refractivity contribution in [3.05, 3.63) is 105 Å². The lowest BCUT2D eigenvalue weighted by molar-refractivity contribution is -0.125. The zero-order chi connectivity index (χ0) is 45.2. The summed E-state index contributed by atoms with van der Waals surface area (Å²) in [6.45, 7) is 36.5. The Bertz CT molecular complexity index is 1840. The number of nitrogens with zero attached hydrogens (tertiary/aromatic N) is 1. The van der Waals surface area contributed by atoms with Gasteiger partial charge in [-0.2, -0.15) is 5.10 Å². The van der Waals surface area contributed by atoms with Crippen LogP contribution in [-0.2, 0) is 4.79 Å². The van der Waals surface area contributed by atoms with Crippen molar-refractivity contribution in [3.63, 3.8) is 0 Å². The lowest BCUT2D eigenvalue weighted by Crippen LogP contribution is -2.49. The van der Waals surface area contributed by atoms with Crippen LogP contribution in [0, 0.1) is 57.8 Å². The number of Topliss-reactive ketones (excluding diaryl/α,β-unsaturated/α-hetero) is 1. The molecule has 0 saturated carbocycles. The van der Waals surface area contributed by atoms with Gasteiger partial charge >= 0.3 is 0 Å². The first kappa shape index (κ1) is 56.4. The number of ketones is 1. The zero-order valence-corrected chi connectivity index (χ0v) is 39.1. The van der Waals surface area contributed by atoms with E-state index in [1.165, 1.54) is 0 Å². The van der Waals surface area contributed by atoms with Crippen molar-refractivity contribution in [2.75, 3.05) is 0 Å². The number of aryl methyl sites for hydroxylation is 3. The highest BCUT2D eigenvalue weighted by molar-refractivity contribution is 5.98. The Labute approximate surface area is 358 Å². The van der Waals surface area contributed by atoms with Gasteiger partial charge in [0.15, 0.2) is 0 Å². The normalized spacial score (nSPS) is 11.7. The van der Waals surface area contributed by atoms with E-state index in [0.29, 0.717) is 23.3 Å². The molecule has 330 valence electrons. The van der Waals surface area contributed by atoms with Gasteiger partial charge in [-0.1, -0.05) is 127 Å². The second-order valence-corrected chi connectivity index (χ2v) is 17.8. The molecule has 59 heavy (non-hydrogen) atoms. The molecule has 1 atom stereocenters. The average molecular weight is 817 g/mol. The molecule has 0 spiro atoms. The van der Waals surface area contributed by atoms with Crippen LogP contribution in [0.2, 0.25) is 0 Å². The minimum Gasteiger partial charge on any atom is -0.299 e. The van der Waals surface area contributed by atoms with Crippen LogP contribution in [-0.4, -0.2) is 35.3 Å². The molecule has 0 fully saturated rings. The summed E-state index contributed by atoms with van der Waals surface area (Å²) in [7, 11) is 0. The fourth-order valence-electron chi connectivity index (χ4n) is 5.71. The van der Waals surface area contributed by atoms with Crippen LogP contribution in [0.5, 0.6) is 0 Å². The molecular weight excluding hydrogens is 737 g/mol. The van der Waals surface area contributed by atoms with Gasteiger partial charge in [0.1, 0.15) is 5.78 Å². The quantitative estimate of drug-likeness (QED) is 0.0627. The Morgan fingerprint density at radius 2 is 0.983 bits per heavy atom. The van der Waals surface area contributed by atoms with Gasteiger partial charge in [-0.15, -0.1) is 0 Å². The summed E-state index contributed by atoms with van der Waals surface area (Å²) < 4.78 is 0. The Balaban J connectivity index is 0. The predicted octanol–water partition coefficient (Wildman–Crippen LogP) is 10.8. The summed E-state index contributed by atoms with van der Waals surface area (Å²) in [5, 5.41) is 4.28. The highest BCUT2D eigenvalue weighted by Gasteiger charge is 2.24. The summed E-state index contributed by atoms with van der Waals surface area (Å²) in [6.07, 6.45) is 2.46. The molecule has 0 heterocycles. The third-order valence-electron chi connectivity index (χ3n) is 10.1. The molecule has 0 aliphatic carbocycles. The number of amides is 3. The molecule has 6 N–H and O–H groups in total. The van der Waals surface area contributed by atoms with Crippen LogP contribution in [0.3, 0.4) is 0 Å². The molecule has 3 rings (SSSR count). The predicted molar refractivity (Wildman–Crippen MR) is 250 cm³/mol. The van der Waals surface area contributed by atoms with Crippen LogP contribution in [0.1, 0.15) is 174 Å². The van der Waals surface area contributed by atoms with Crippen LogP contribution in [0.15, 0.2) is 59.7 Å². The average Bonchev–Trinajstić information content (AvgIpc) is 3.14. The van der Waals surface area contributed by atoms with E-state index in [9.17, 15) is 19.2 Å². The monoisotopic (exact) mass is 817 g/mol. The molecule has 0 radical (unpaired) electrons. The van der Waals surface area contributed by atoms with Gasteiger partial charge in [-0.3, -0.25) is 30.0 Å². The minimum absolute atomic E-state index is 0. The molecule has 10 heteroatoms. The molecule has 3 amide bonds. The number of hydrazine groups is 2. The van der Waals surface area contributed by atoms with Crippen molar-refractivity contribution in [2.45, 2.75) is 157 Å².